The van der Waals surface area contributed by atoms with E-state index in [-0.39, 0.29) is 0 Å². The van der Waals surface area contributed by atoms with Crippen LogP contribution in [0.2, 0.25) is 0 Å². The quantitative estimate of drug-likeness (QED) is 0.248. The first-order valence-corrected chi connectivity index (χ1v) is 13.1. The predicted molar refractivity (Wildman–Crippen MR) is 154 cm³/mol. The first-order valence-electron chi connectivity index (χ1n) is 12.3. The third-order valence-corrected chi connectivity index (χ3v) is 8.09. The second-order valence-corrected chi connectivity index (χ2v) is 10.1. The predicted octanol–water partition coefficient (Wildman–Crippen LogP) is 8.40. The van der Waals surface area contributed by atoms with Crippen molar-refractivity contribution in [2.24, 2.45) is 0 Å². The molecule has 174 valence electrons. The van der Waals surface area contributed by atoms with E-state index in [9.17, 15) is 0 Å². The maximum absolute atomic E-state index is 4.74. The van der Waals surface area contributed by atoms with Crippen LogP contribution < -0.4 is 0 Å². The molecule has 4 heterocycles. The van der Waals surface area contributed by atoms with Gasteiger partial charge in [-0.2, -0.15) is 0 Å². The molecule has 0 aliphatic carbocycles. The lowest BCUT2D eigenvalue weighted by Crippen LogP contribution is -1.93. The standard InChI is InChI=1S/C32H20N4S/c1-2-10-21(11-3-1)35-25-15-6-4-12-22(25)30-27(35)17-18-28-31(30)23-13-5-7-16-26(23)36(28)29-20-34-32(37-29)24-14-8-9-19-33-24/h1-20H. The molecule has 0 spiro atoms. The zero-order valence-electron chi connectivity index (χ0n) is 19.7. The fourth-order valence-corrected chi connectivity index (χ4v) is 6.51. The van der Waals surface area contributed by atoms with Crippen molar-refractivity contribution in [2.75, 3.05) is 0 Å². The highest BCUT2D eigenvalue weighted by Gasteiger charge is 2.21. The molecule has 8 aromatic rings. The zero-order valence-corrected chi connectivity index (χ0v) is 20.6. The Labute approximate surface area is 216 Å². The first kappa shape index (κ1) is 20.5. The molecule has 0 amide bonds. The molecule has 0 bridgehead atoms. The van der Waals surface area contributed by atoms with Crippen LogP contribution in [0.1, 0.15) is 0 Å². The zero-order chi connectivity index (χ0) is 24.3. The highest BCUT2D eigenvalue weighted by atomic mass is 32.1. The molecule has 0 radical (unpaired) electrons. The third kappa shape index (κ3) is 2.95. The molecule has 0 saturated heterocycles. The molecular weight excluding hydrogens is 472 g/mol. The smallest absolute Gasteiger partial charge is 0.143 e. The van der Waals surface area contributed by atoms with Crippen molar-refractivity contribution in [1.29, 1.82) is 0 Å². The second kappa shape index (κ2) is 7.88. The van der Waals surface area contributed by atoms with Crippen LogP contribution in [0.3, 0.4) is 0 Å². The van der Waals surface area contributed by atoms with Crippen LogP contribution >= 0.6 is 11.3 Å². The topological polar surface area (TPSA) is 35.6 Å². The summed E-state index contributed by atoms with van der Waals surface area (Å²) in [5, 5.41) is 7.05. The molecule has 4 aromatic heterocycles. The number of aromatic nitrogens is 4. The summed E-state index contributed by atoms with van der Waals surface area (Å²) in [7, 11) is 0. The van der Waals surface area contributed by atoms with E-state index in [4.69, 9.17) is 4.98 Å². The Balaban J connectivity index is 1.50. The molecule has 0 atom stereocenters. The molecule has 0 fully saturated rings. The van der Waals surface area contributed by atoms with Gasteiger partial charge in [0, 0.05) is 33.4 Å². The van der Waals surface area contributed by atoms with E-state index in [0.29, 0.717) is 0 Å². The van der Waals surface area contributed by atoms with Gasteiger partial charge in [0.05, 0.1) is 34.0 Å². The fraction of sp³-hybridized carbons (Fsp3) is 0. The average molecular weight is 493 g/mol. The van der Waals surface area contributed by atoms with E-state index < -0.39 is 0 Å². The maximum atomic E-state index is 4.74. The highest BCUT2D eigenvalue weighted by molar-refractivity contribution is 7.17. The molecule has 0 unspecified atom stereocenters. The monoisotopic (exact) mass is 492 g/mol. The summed E-state index contributed by atoms with van der Waals surface area (Å²) >= 11 is 1.67. The number of benzene rings is 4. The van der Waals surface area contributed by atoms with Crippen molar-refractivity contribution >= 4 is 54.9 Å². The van der Waals surface area contributed by atoms with Gasteiger partial charge in [-0.15, -0.1) is 0 Å². The van der Waals surface area contributed by atoms with E-state index >= 15 is 0 Å². The van der Waals surface area contributed by atoms with Gasteiger partial charge in [-0.1, -0.05) is 72.0 Å². The number of hydrogen-bond donors (Lipinski definition) is 0. The van der Waals surface area contributed by atoms with Crippen molar-refractivity contribution in [2.45, 2.75) is 0 Å². The summed E-state index contributed by atoms with van der Waals surface area (Å²) in [6, 6.07) is 38.5. The van der Waals surface area contributed by atoms with Crippen molar-refractivity contribution in [3.8, 4) is 21.4 Å². The van der Waals surface area contributed by atoms with Gasteiger partial charge in [-0.25, -0.2) is 4.98 Å². The molecule has 8 rings (SSSR count). The summed E-state index contributed by atoms with van der Waals surface area (Å²) in [6.45, 7) is 0. The van der Waals surface area contributed by atoms with Gasteiger partial charge in [-0.05, 0) is 48.5 Å². The normalized spacial score (nSPS) is 11.8. The number of pyridine rings is 1. The number of para-hydroxylation sites is 3. The Morgan fingerprint density at radius 2 is 1.14 bits per heavy atom. The summed E-state index contributed by atoms with van der Waals surface area (Å²) < 4.78 is 4.73. The highest BCUT2D eigenvalue weighted by Crippen LogP contribution is 2.43. The first-order chi connectivity index (χ1) is 18.4. The van der Waals surface area contributed by atoms with Crippen molar-refractivity contribution < 1.29 is 0 Å². The van der Waals surface area contributed by atoms with Gasteiger partial charge in [0.25, 0.3) is 0 Å². The second-order valence-electron chi connectivity index (χ2n) is 9.11. The van der Waals surface area contributed by atoms with Crippen LogP contribution in [0.15, 0.2) is 122 Å². The number of thiazole rings is 1. The lowest BCUT2D eigenvalue weighted by atomic mass is 10.1. The Morgan fingerprint density at radius 1 is 0.514 bits per heavy atom. The van der Waals surface area contributed by atoms with Crippen molar-refractivity contribution in [3.05, 3.63) is 122 Å². The van der Waals surface area contributed by atoms with E-state index in [1.165, 1.54) is 49.3 Å². The summed E-state index contributed by atoms with van der Waals surface area (Å²) in [5.74, 6) is 0. The van der Waals surface area contributed by atoms with Crippen molar-refractivity contribution in [1.82, 2.24) is 19.1 Å². The Bertz CT molecular complexity index is 2080. The van der Waals surface area contributed by atoms with Crippen LogP contribution in [0.25, 0.3) is 65.0 Å². The molecular formula is C32H20N4S. The van der Waals surface area contributed by atoms with Gasteiger partial charge in [0.15, 0.2) is 0 Å². The van der Waals surface area contributed by atoms with Gasteiger partial charge < -0.3 is 4.57 Å². The van der Waals surface area contributed by atoms with Crippen LogP contribution in [-0.2, 0) is 0 Å². The van der Waals surface area contributed by atoms with Gasteiger partial charge in [-0.3, -0.25) is 9.55 Å². The van der Waals surface area contributed by atoms with Gasteiger partial charge >= 0.3 is 0 Å². The summed E-state index contributed by atoms with van der Waals surface area (Å²) in [5.41, 5.74) is 6.84. The Hall–Kier alpha value is -4.74. The summed E-state index contributed by atoms with van der Waals surface area (Å²) in [4.78, 5) is 9.25. The largest absolute Gasteiger partial charge is 0.309 e. The van der Waals surface area contributed by atoms with Gasteiger partial charge in [0.1, 0.15) is 10.0 Å². The maximum Gasteiger partial charge on any atom is 0.143 e. The minimum Gasteiger partial charge on any atom is -0.309 e. The number of rotatable bonds is 3. The molecule has 4 nitrogen and oxygen atoms in total. The van der Waals surface area contributed by atoms with E-state index in [0.717, 1.165) is 15.7 Å². The number of hydrogen-bond acceptors (Lipinski definition) is 3. The van der Waals surface area contributed by atoms with E-state index in [1.807, 2.05) is 30.6 Å². The van der Waals surface area contributed by atoms with Crippen LogP contribution in [0.4, 0.5) is 0 Å². The van der Waals surface area contributed by atoms with E-state index in [2.05, 4.69) is 105 Å². The molecule has 4 aromatic carbocycles. The van der Waals surface area contributed by atoms with E-state index in [1.54, 1.807) is 11.3 Å². The Morgan fingerprint density at radius 3 is 1.84 bits per heavy atom. The number of nitrogens with zero attached hydrogens (tertiary/aromatic N) is 4. The van der Waals surface area contributed by atoms with Crippen LogP contribution in [0, 0.1) is 0 Å². The third-order valence-electron chi connectivity index (χ3n) is 7.08. The summed E-state index contributed by atoms with van der Waals surface area (Å²) in [6.07, 6.45) is 3.79. The molecule has 0 aliphatic rings. The lowest BCUT2D eigenvalue weighted by molar-refractivity contribution is 1.18. The molecule has 5 heteroatoms. The fourth-order valence-electron chi connectivity index (χ4n) is 5.59. The number of fused-ring (bicyclic) bond motifs is 7. The minimum atomic E-state index is 0.896. The van der Waals surface area contributed by atoms with Crippen LogP contribution in [0.5, 0.6) is 0 Å². The minimum absolute atomic E-state index is 0.896. The van der Waals surface area contributed by atoms with Gasteiger partial charge in [0.2, 0.25) is 0 Å². The SMILES string of the molecule is c1ccc(-n2c3ccccc3c3c4c5ccccc5n(-c5cnc(-c6ccccn6)s5)c4ccc32)cc1. The molecule has 0 aliphatic heterocycles. The molecule has 37 heavy (non-hydrogen) atoms. The molecule has 0 saturated carbocycles. The van der Waals surface area contributed by atoms with Crippen molar-refractivity contribution in [3.63, 3.8) is 0 Å². The van der Waals surface area contributed by atoms with Crippen LogP contribution in [-0.4, -0.2) is 19.1 Å². The molecule has 0 N–H and O–H groups in total. The average Bonchev–Trinajstić information content (AvgIpc) is 3.66. The Kier molecular flexibility index (Phi) is 4.36. The lowest BCUT2D eigenvalue weighted by Gasteiger charge is -2.08.